The number of piperidine rings is 1. The molecule has 1 aliphatic rings. The summed E-state index contributed by atoms with van der Waals surface area (Å²) in [6, 6.07) is 10.9. The first kappa shape index (κ1) is 18.7. The molecular weight excluding hydrogens is 302 g/mol. The molecule has 0 saturated carbocycles. The summed E-state index contributed by atoms with van der Waals surface area (Å²) in [5, 5.41) is 10.3. The molecule has 0 bridgehead atoms. The van der Waals surface area contributed by atoms with Crippen molar-refractivity contribution in [3.63, 3.8) is 0 Å². The number of aliphatic hydroxyl groups is 1. The van der Waals surface area contributed by atoms with Gasteiger partial charge in [0.25, 0.3) is 0 Å². The van der Waals surface area contributed by atoms with Gasteiger partial charge in [0, 0.05) is 25.7 Å². The lowest BCUT2D eigenvalue weighted by Gasteiger charge is -2.42. The Labute approximate surface area is 142 Å². The maximum Gasteiger partial charge on any atom is 0.192 e. The highest BCUT2D eigenvalue weighted by Gasteiger charge is 2.38. The SMILES string of the molecule is CC(C)(C)[Si](C)(C)OC[C@H]1CC[C@@H](O)CN1Cc1ccccc1. The average molecular weight is 336 g/mol. The highest BCUT2D eigenvalue weighted by atomic mass is 28.4. The zero-order valence-electron chi connectivity index (χ0n) is 15.4. The first-order valence-electron chi connectivity index (χ1n) is 8.79. The fraction of sp³-hybridized carbons (Fsp3) is 0.684. The summed E-state index contributed by atoms with van der Waals surface area (Å²) < 4.78 is 6.45. The Morgan fingerprint density at radius 1 is 1.17 bits per heavy atom. The normalized spacial score (nSPS) is 23.9. The fourth-order valence-corrected chi connectivity index (χ4v) is 3.84. The van der Waals surface area contributed by atoms with E-state index in [2.05, 4.69) is 63.0 Å². The van der Waals surface area contributed by atoms with E-state index in [9.17, 15) is 5.11 Å². The lowest BCUT2D eigenvalue weighted by atomic mass is 10.00. The zero-order valence-corrected chi connectivity index (χ0v) is 16.4. The van der Waals surface area contributed by atoms with Crippen LogP contribution in [-0.2, 0) is 11.0 Å². The van der Waals surface area contributed by atoms with Gasteiger partial charge in [-0.1, -0.05) is 51.1 Å². The van der Waals surface area contributed by atoms with E-state index in [0.29, 0.717) is 6.04 Å². The van der Waals surface area contributed by atoms with E-state index in [1.54, 1.807) is 0 Å². The van der Waals surface area contributed by atoms with Crippen LogP contribution < -0.4 is 0 Å². The molecule has 1 aromatic rings. The molecule has 0 spiro atoms. The summed E-state index contributed by atoms with van der Waals surface area (Å²) in [4.78, 5) is 2.40. The van der Waals surface area contributed by atoms with Crippen LogP contribution in [-0.4, -0.2) is 43.6 Å². The Bertz CT molecular complexity index is 484. The van der Waals surface area contributed by atoms with Gasteiger partial charge in [0.2, 0.25) is 0 Å². The molecule has 0 radical (unpaired) electrons. The Morgan fingerprint density at radius 2 is 1.83 bits per heavy atom. The first-order chi connectivity index (χ1) is 10.7. The number of aliphatic hydroxyl groups excluding tert-OH is 1. The van der Waals surface area contributed by atoms with Gasteiger partial charge in [-0.2, -0.15) is 0 Å². The zero-order chi connectivity index (χ0) is 17.1. The Balaban J connectivity index is 2.00. The van der Waals surface area contributed by atoms with Crippen LogP contribution in [0.3, 0.4) is 0 Å². The molecule has 0 aliphatic carbocycles. The molecule has 1 N–H and O–H groups in total. The molecular formula is C19H33NO2Si. The van der Waals surface area contributed by atoms with E-state index >= 15 is 0 Å². The summed E-state index contributed by atoms with van der Waals surface area (Å²) in [5.74, 6) is 0. The van der Waals surface area contributed by atoms with E-state index < -0.39 is 8.32 Å². The molecule has 1 aromatic carbocycles. The summed E-state index contributed by atoms with van der Waals surface area (Å²) in [6.07, 6.45) is 1.70. The molecule has 1 fully saturated rings. The van der Waals surface area contributed by atoms with E-state index in [1.165, 1.54) is 5.56 Å². The van der Waals surface area contributed by atoms with Crippen LogP contribution in [0.1, 0.15) is 39.2 Å². The van der Waals surface area contributed by atoms with Crippen molar-refractivity contribution < 1.29 is 9.53 Å². The fourth-order valence-electron chi connectivity index (χ4n) is 2.80. The molecule has 0 amide bonds. The van der Waals surface area contributed by atoms with E-state index in [4.69, 9.17) is 4.43 Å². The van der Waals surface area contributed by atoms with Crippen molar-refractivity contribution in [3.8, 4) is 0 Å². The molecule has 2 atom stereocenters. The predicted octanol–water partition coefficient (Wildman–Crippen LogP) is 4.03. The number of likely N-dealkylation sites (tertiary alicyclic amines) is 1. The van der Waals surface area contributed by atoms with E-state index in [-0.39, 0.29) is 11.1 Å². The molecule has 0 unspecified atom stereocenters. The van der Waals surface area contributed by atoms with Crippen molar-refractivity contribution >= 4 is 8.32 Å². The second-order valence-electron chi connectivity index (χ2n) is 8.37. The average Bonchev–Trinajstić information content (AvgIpc) is 2.46. The molecule has 0 aromatic heterocycles. The third-order valence-electron chi connectivity index (χ3n) is 5.47. The number of hydrogen-bond acceptors (Lipinski definition) is 3. The minimum Gasteiger partial charge on any atom is -0.415 e. The third kappa shape index (κ3) is 5.15. The smallest absolute Gasteiger partial charge is 0.192 e. The maximum atomic E-state index is 10.1. The number of nitrogens with zero attached hydrogens (tertiary/aromatic N) is 1. The van der Waals surface area contributed by atoms with Crippen molar-refractivity contribution in [3.05, 3.63) is 35.9 Å². The van der Waals surface area contributed by atoms with Crippen LogP contribution in [0.5, 0.6) is 0 Å². The maximum absolute atomic E-state index is 10.1. The van der Waals surface area contributed by atoms with Crippen molar-refractivity contribution in [2.45, 2.75) is 70.4 Å². The first-order valence-corrected chi connectivity index (χ1v) is 11.7. The minimum absolute atomic E-state index is 0.206. The second kappa shape index (κ2) is 7.47. The predicted molar refractivity (Wildman–Crippen MR) is 99.0 cm³/mol. The summed E-state index contributed by atoms with van der Waals surface area (Å²) >= 11 is 0. The van der Waals surface area contributed by atoms with Crippen LogP contribution in [0, 0.1) is 0 Å². The van der Waals surface area contributed by atoms with Gasteiger partial charge in [-0.15, -0.1) is 0 Å². The van der Waals surface area contributed by atoms with Crippen molar-refractivity contribution in [1.82, 2.24) is 4.90 Å². The number of β-amino-alcohol motifs (C(OH)–C–C–N with tert-alkyl or cyclic N) is 1. The van der Waals surface area contributed by atoms with Gasteiger partial charge in [-0.25, -0.2) is 0 Å². The van der Waals surface area contributed by atoms with Crippen LogP contribution in [0.4, 0.5) is 0 Å². The topological polar surface area (TPSA) is 32.7 Å². The van der Waals surface area contributed by atoms with E-state index in [1.807, 2.05) is 6.07 Å². The molecule has 130 valence electrons. The Kier molecular flexibility index (Phi) is 6.06. The Morgan fingerprint density at radius 3 is 2.43 bits per heavy atom. The summed E-state index contributed by atoms with van der Waals surface area (Å²) in [5.41, 5.74) is 1.30. The van der Waals surface area contributed by atoms with E-state index in [0.717, 1.165) is 32.5 Å². The van der Waals surface area contributed by atoms with Crippen molar-refractivity contribution in [1.29, 1.82) is 0 Å². The van der Waals surface area contributed by atoms with Gasteiger partial charge in [-0.05, 0) is 36.5 Å². The molecule has 1 heterocycles. The van der Waals surface area contributed by atoms with Gasteiger partial charge >= 0.3 is 0 Å². The quantitative estimate of drug-likeness (QED) is 0.825. The Hall–Kier alpha value is -0.683. The van der Waals surface area contributed by atoms with Gasteiger partial charge in [0.05, 0.1) is 6.10 Å². The van der Waals surface area contributed by atoms with Crippen LogP contribution in [0.25, 0.3) is 0 Å². The number of rotatable bonds is 5. The van der Waals surface area contributed by atoms with Crippen LogP contribution in [0.15, 0.2) is 30.3 Å². The number of hydrogen-bond donors (Lipinski definition) is 1. The molecule has 1 aliphatic heterocycles. The highest BCUT2D eigenvalue weighted by molar-refractivity contribution is 6.74. The minimum atomic E-state index is -1.72. The largest absolute Gasteiger partial charge is 0.415 e. The molecule has 3 nitrogen and oxygen atoms in total. The third-order valence-corrected chi connectivity index (χ3v) is 9.97. The molecule has 23 heavy (non-hydrogen) atoms. The lowest BCUT2D eigenvalue weighted by Crippen LogP contribution is -2.50. The van der Waals surface area contributed by atoms with Gasteiger partial charge in [-0.3, -0.25) is 4.90 Å². The summed E-state index contributed by atoms with van der Waals surface area (Å²) in [7, 11) is -1.72. The lowest BCUT2D eigenvalue weighted by molar-refractivity contribution is 0.0114. The van der Waals surface area contributed by atoms with Crippen molar-refractivity contribution in [2.24, 2.45) is 0 Å². The monoisotopic (exact) mass is 335 g/mol. The van der Waals surface area contributed by atoms with Gasteiger partial charge < -0.3 is 9.53 Å². The second-order valence-corrected chi connectivity index (χ2v) is 13.2. The van der Waals surface area contributed by atoms with Crippen molar-refractivity contribution in [2.75, 3.05) is 13.2 Å². The summed E-state index contributed by atoms with van der Waals surface area (Å²) in [6.45, 7) is 13.9. The molecule has 1 saturated heterocycles. The molecule has 2 rings (SSSR count). The number of benzene rings is 1. The highest BCUT2D eigenvalue weighted by Crippen LogP contribution is 2.37. The van der Waals surface area contributed by atoms with Gasteiger partial charge in [0.1, 0.15) is 0 Å². The van der Waals surface area contributed by atoms with Crippen LogP contribution >= 0.6 is 0 Å². The van der Waals surface area contributed by atoms with Gasteiger partial charge in [0.15, 0.2) is 8.32 Å². The van der Waals surface area contributed by atoms with Crippen LogP contribution in [0.2, 0.25) is 18.1 Å². The standard InChI is InChI=1S/C19H33NO2Si/c1-19(2,3)23(4,5)22-15-17-11-12-18(21)14-20(17)13-16-9-7-6-8-10-16/h6-10,17-18,21H,11-15H2,1-5H3/t17-,18-/m1/s1. The molecule has 4 heteroatoms.